The van der Waals surface area contributed by atoms with Gasteiger partial charge in [0.05, 0.1) is 18.4 Å². The molecule has 1 aliphatic rings. The van der Waals surface area contributed by atoms with Crippen molar-refractivity contribution in [2.45, 2.75) is 52.0 Å². The molecule has 3 aromatic carbocycles. The maximum Gasteiger partial charge on any atom is 0.253 e. The smallest absolute Gasteiger partial charge is 0.253 e. The minimum absolute atomic E-state index is 0.0441. The summed E-state index contributed by atoms with van der Waals surface area (Å²) in [5.74, 6) is 0.236. The third-order valence-electron chi connectivity index (χ3n) is 7.44. The van der Waals surface area contributed by atoms with Crippen molar-refractivity contribution < 1.29 is 18.7 Å². The van der Waals surface area contributed by atoms with Crippen LogP contribution in [0.4, 0.5) is 21.5 Å². The van der Waals surface area contributed by atoms with Crippen LogP contribution in [0.2, 0.25) is 0 Å². The van der Waals surface area contributed by atoms with Crippen LogP contribution in [-0.4, -0.2) is 45.1 Å². The Morgan fingerprint density at radius 2 is 1.54 bits per heavy atom. The van der Waals surface area contributed by atoms with Gasteiger partial charge in [-0.3, -0.25) is 9.59 Å². The number of carbonyl (C=O) groups is 2. The highest BCUT2D eigenvalue weighted by molar-refractivity contribution is 6.02. The number of nitrogens with zero attached hydrogens (tertiary/aromatic N) is 2. The Bertz CT molecular complexity index is 1290. The highest BCUT2D eigenvalue weighted by Crippen LogP contribution is 2.31. The molecule has 1 heterocycles. The van der Waals surface area contributed by atoms with Gasteiger partial charge in [-0.15, -0.1) is 0 Å². The van der Waals surface area contributed by atoms with E-state index in [0.717, 1.165) is 68.1 Å². The van der Waals surface area contributed by atoms with Gasteiger partial charge in [0.25, 0.3) is 5.91 Å². The average Bonchev–Trinajstić information content (AvgIpc) is 3.00. The molecule has 1 fully saturated rings. The lowest BCUT2D eigenvalue weighted by atomic mass is 10.1. The molecule has 0 aliphatic carbocycles. The summed E-state index contributed by atoms with van der Waals surface area (Å²) in [6, 6.07) is 19.6. The molecule has 0 aromatic heterocycles. The Morgan fingerprint density at radius 3 is 2.24 bits per heavy atom. The molecule has 3 aromatic rings. The summed E-state index contributed by atoms with van der Waals surface area (Å²) in [5, 5.41) is 5.95. The predicted molar refractivity (Wildman–Crippen MR) is 163 cm³/mol. The summed E-state index contributed by atoms with van der Waals surface area (Å²) in [4.78, 5) is 30.6. The number of benzene rings is 3. The lowest BCUT2D eigenvalue weighted by molar-refractivity contribution is -0.116. The number of carbonyl (C=O) groups excluding carboxylic acids is 2. The van der Waals surface area contributed by atoms with Crippen LogP contribution in [0, 0.1) is 5.82 Å². The van der Waals surface area contributed by atoms with Crippen molar-refractivity contribution in [1.29, 1.82) is 0 Å². The normalized spacial score (nSPS) is 13.1. The third kappa shape index (κ3) is 8.46. The third-order valence-corrected chi connectivity index (χ3v) is 7.44. The summed E-state index contributed by atoms with van der Waals surface area (Å²) >= 11 is 0. The zero-order valence-corrected chi connectivity index (χ0v) is 24.1. The quantitative estimate of drug-likeness (QED) is 0.237. The van der Waals surface area contributed by atoms with E-state index in [2.05, 4.69) is 33.4 Å². The first-order valence-corrected chi connectivity index (χ1v) is 14.6. The lowest BCUT2D eigenvalue weighted by Gasteiger charge is -2.38. The number of anilines is 3. The number of rotatable bonds is 13. The van der Waals surface area contributed by atoms with Gasteiger partial charge in [-0.2, -0.15) is 0 Å². The van der Waals surface area contributed by atoms with Crippen LogP contribution in [-0.2, 0) is 11.3 Å². The maximum atomic E-state index is 13.5. The second-order valence-corrected chi connectivity index (χ2v) is 10.4. The standard InChI is InChI=1S/C33H41FN4O3/c1-3-4-5-6-7-12-32(39)36-27-17-18-29(28(23-27)33(40)35-24-25-13-15-26(34)16-14-25)37-19-21-38(22-20-37)30-10-8-9-11-31(30)41-2/h8-11,13-18,23H,3-7,12,19-22,24H2,1-2H3,(H,35,40)(H,36,39). The molecule has 218 valence electrons. The molecule has 1 saturated heterocycles. The molecule has 0 radical (unpaired) electrons. The Morgan fingerprint density at radius 1 is 0.854 bits per heavy atom. The van der Waals surface area contributed by atoms with Crippen molar-refractivity contribution in [2.75, 3.05) is 48.4 Å². The largest absolute Gasteiger partial charge is 0.495 e. The molecule has 2 amide bonds. The molecule has 0 bridgehead atoms. The molecule has 4 rings (SSSR count). The number of halogens is 1. The van der Waals surface area contributed by atoms with Crippen LogP contribution in [0.25, 0.3) is 0 Å². The minimum atomic E-state index is -0.316. The summed E-state index contributed by atoms with van der Waals surface area (Å²) < 4.78 is 18.9. The van der Waals surface area contributed by atoms with Gasteiger partial charge in [0.15, 0.2) is 0 Å². The fourth-order valence-electron chi connectivity index (χ4n) is 5.14. The molecule has 2 N–H and O–H groups in total. The van der Waals surface area contributed by atoms with E-state index >= 15 is 0 Å². The number of piperazine rings is 1. The SMILES string of the molecule is CCCCCCCC(=O)Nc1ccc(N2CCN(c3ccccc3OC)CC2)c(C(=O)NCc2ccc(F)cc2)c1. The zero-order chi connectivity index (χ0) is 29.0. The van der Waals surface area contributed by atoms with Gasteiger partial charge >= 0.3 is 0 Å². The second kappa shape index (κ2) is 15.1. The molecule has 7 nitrogen and oxygen atoms in total. The van der Waals surface area contributed by atoms with Crippen LogP contribution in [0.15, 0.2) is 66.7 Å². The first kappa shape index (κ1) is 29.9. The summed E-state index contributed by atoms with van der Waals surface area (Å²) in [6.07, 6.45) is 5.85. The van der Waals surface area contributed by atoms with Crippen LogP contribution in [0.5, 0.6) is 5.75 Å². The van der Waals surface area contributed by atoms with Crippen molar-refractivity contribution in [1.82, 2.24) is 5.32 Å². The van der Waals surface area contributed by atoms with E-state index in [9.17, 15) is 14.0 Å². The van der Waals surface area contributed by atoms with E-state index in [-0.39, 0.29) is 24.2 Å². The molecule has 0 unspecified atom stereocenters. The van der Waals surface area contributed by atoms with E-state index in [4.69, 9.17) is 4.74 Å². The fourth-order valence-corrected chi connectivity index (χ4v) is 5.14. The van der Waals surface area contributed by atoms with Gasteiger partial charge in [0, 0.05) is 50.5 Å². The first-order valence-electron chi connectivity index (χ1n) is 14.6. The lowest BCUT2D eigenvalue weighted by Crippen LogP contribution is -2.47. The van der Waals surface area contributed by atoms with E-state index in [1.807, 2.05) is 30.3 Å². The fraction of sp³-hybridized carbons (Fsp3) is 0.394. The highest BCUT2D eigenvalue weighted by atomic mass is 19.1. The van der Waals surface area contributed by atoms with Crippen molar-refractivity contribution >= 4 is 28.9 Å². The van der Waals surface area contributed by atoms with Crippen LogP contribution >= 0.6 is 0 Å². The molecule has 0 atom stereocenters. The number of para-hydroxylation sites is 2. The molecule has 41 heavy (non-hydrogen) atoms. The van der Waals surface area contributed by atoms with Crippen LogP contribution in [0.3, 0.4) is 0 Å². The highest BCUT2D eigenvalue weighted by Gasteiger charge is 2.24. The van der Waals surface area contributed by atoms with Crippen molar-refractivity contribution in [3.05, 3.63) is 83.7 Å². The van der Waals surface area contributed by atoms with Gasteiger partial charge in [-0.05, 0) is 54.4 Å². The number of methoxy groups -OCH3 is 1. The van der Waals surface area contributed by atoms with Crippen molar-refractivity contribution in [2.24, 2.45) is 0 Å². The minimum Gasteiger partial charge on any atom is -0.495 e. The van der Waals surface area contributed by atoms with Gasteiger partial charge < -0.3 is 25.2 Å². The van der Waals surface area contributed by atoms with Gasteiger partial charge in [-0.25, -0.2) is 4.39 Å². The number of nitrogens with one attached hydrogen (secondary N) is 2. The van der Waals surface area contributed by atoms with E-state index < -0.39 is 0 Å². The van der Waals surface area contributed by atoms with Gasteiger partial charge in [0.2, 0.25) is 5.91 Å². The predicted octanol–water partition coefficient (Wildman–Crippen LogP) is 6.39. The number of ether oxygens (including phenoxy) is 1. The Balaban J connectivity index is 1.47. The number of hydrogen-bond acceptors (Lipinski definition) is 5. The molecular formula is C33H41FN4O3. The molecule has 0 saturated carbocycles. The van der Waals surface area contributed by atoms with Crippen LogP contribution < -0.4 is 25.2 Å². The topological polar surface area (TPSA) is 73.9 Å². The van der Waals surface area contributed by atoms with Gasteiger partial charge in [-0.1, -0.05) is 56.9 Å². The number of hydrogen-bond donors (Lipinski definition) is 2. The van der Waals surface area contributed by atoms with E-state index in [1.54, 1.807) is 25.3 Å². The Labute approximate surface area is 242 Å². The number of amides is 2. The van der Waals surface area contributed by atoms with Gasteiger partial charge in [0.1, 0.15) is 11.6 Å². The Kier molecular flexibility index (Phi) is 11.0. The van der Waals surface area contributed by atoms with E-state index in [0.29, 0.717) is 17.7 Å². The van der Waals surface area contributed by atoms with Crippen molar-refractivity contribution in [3.63, 3.8) is 0 Å². The van der Waals surface area contributed by atoms with Crippen molar-refractivity contribution in [3.8, 4) is 5.75 Å². The molecule has 1 aliphatic heterocycles. The summed E-state index contributed by atoms with van der Waals surface area (Å²) in [6.45, 7) is 5.43. The number of unbranched alkanes of at least 4 members (excludes halogenated alkanes) is 4. The van der Waals surface area contributed by atoms with Crippen LogP contribution in [0.1, 0.15) is 61.4 Å². The zero-order valence-electron chi connectivity index (χ0n) is 24.1. The Hall–Kier alpha value is -4.07. The molecule has 0 spiro atoms. The van der Waals surface area contributed by atoms with E-state index in [1.165, 1.54) is 25.0 Å². The molecular weight excluding hydrogens is 519 g/mol. The monoisotopic (exact) mass is 560 g/mol. The average molecular weight is 561 g/mol. The first-order chi connectivity index (χ1) is 20.0. The second-order valence-electron chi connectivity index (χ2n) is 10.4. The summed E-state index contributed by atoms with van der Waals surface area (Å²) in [7, 11) is 1.68. The summed E-state index contributed by atoms with van der Waals surface area (Å²) in [5.41, 5.74) is 3.78. The molecule has 8 heteroatoms. The maximum absolute atomic E-state index is 13.5.